The second kappa shape index (κ2) is 21.8. The zero-order valence-electron chi connectivity index (χ0n) is 21.8. The van der Waals surface area contributed by atoms with E-state index >= 15 is 0 Å². The van der Waals surface area contributed by atoms with Crippen molar-refractivity contribution in [2.75, 3.05) is 7.11 Å². The van der Waals surface area contributed by atoms with Crippen molar-refractivity contribution in [1.29, 1.82) is 0 Å². The minimum absolute atomic E-state index is 0.355. The van der Waals surface area contributed by atoms with E-state index in [2.05, 4.69) is 92.7 Å². The van der Waals surface area contributed by atoms with Crippen LogP contribution in [0.5, 0.6) is 0 Å². The predicted octanol–water partition coefficient (Wildman–Crippen LogP) is 8.51. The Morgan fingerprint density at radius 2 is 1.41 bits per heavy atom. The van der Waals surface area contributed by atoms with Crippen LogP contribution in [0.3, 0.4) is 0 Å². The van der Waals surface area contributed by atoms with Gasteiger partial charge >= 0.3 is 0 Å². The Hall–Kier alpha value is -2.45. The second-order valence-corrected chi connectivity index (χ2v) is 7.51. The van der Waals surface area contributed by atoms with Crippen molar-refractivity contribution in [2.45, 2.75) is 67.2 Å². The molecule has 0 amide bonds. The van der Waals surface area contributed by atoms with E-state index < -0.39 is 0 Å². The van der Waals surface area contributed by atoms with Crippen molar-refractivity contribution in [3.05, 3.63) is 96.7 Å². The summed E-state index contributed by atoms with van der Waals surface area (Å²) in [6, 6.07) is 0. The van der Waals surface area contributed by atoms with E-state index in [4.69, 9.17) is 9.90 Å². The molecule has 0 aromatic rings. The maximum atomic E-state index is 9.06. The minimum Gasteiger partial charge on any atom is -0.400 e. The number of hydrogen-bond donors (Lipinski definition) is 1. The molecule has 180 valence electrons. The fourth-order valence-corrected chi connectivity index (χ4v) is 2.73. The lowest BCUT2D eigenvalue weighted by Crippen LogP contribution is -2.03. The van der Waals surface area contributed by atoms with Crippen LogP contribution in [0.2, 0.25) is 0 Å². The van der Waals surface area contributed by atoms with Gasteiger partial charge in [-0.3, -0.25) is 4.79 Å². The zero-order valence-corrected chi connectivity index (χ0v) is 21.8. The highest BCUT2D eigenvalue weighted by atomic mass is 16.2. The summed E-state index contributed by atoms with van der Waals surface area (Å²) in [6.45, 7) is 33.1. The summed E-state index contributed by atoms with van der Waals surface area (Å²) in [6.07, 6.45) is 14.6. The zero-order chi connectivity index (χ0) is 25.7. The van der Waals surface area contributed by atoms with Crippen LogP contribution in [0.15, 0.2) is 96.7 Å². The maximum absolute atomic E-state index is 9.06. The van der Waals surface area contributed by atoms with Crippen LogP contribution in [-0.2, 0) is 4.79 Å². The van der Waals surface area contributed by atoms with Gasteiger partial charge in [-0.25, -0.2) is 0 Å². The van der Waals surface area contributed by atoms with Gasteiger partial charge in [-0.2, -0.15) is 0 Å². The summed E-state index contributed by atoms with van der Waals surface area (Å²) in [5.41, 5.74) is 6.88. The molecule has 0 heterocycles. The summed E-state index contributed by atoms with van der Waals surface area (Å²) in [7, 11) is 1.00. The molecule has 0 spiro atoms. The third kappa shape index (κ3) is 15.4. The average Bonchev–Trinajstić information content (AvgIpc) is 2.83. The van der Waals surface area contributed by atoms with E-state index in [9.17, 15) is 0 Å². The average molecular weight is 441 g/mol. The number of hydrogen-bond acceptors (Lipinski definition) is 2. The molecule has 0 bridgehead atoms. The number of carbonyl (C=O) groups excluding carboxylic acids is 1. The van der Waals surface area contributed by atoms with Crippen LogP contribution in [-0.4, -0.2) is 18.5 Å². The van der Waals surface area contributed by atoms with E-state index in [1.54, 1.807) is 0 Å². The summed E-state index contributed by atoms with van der Waals surface area (Å²) in [5.74, 6) is 0.969. The molecule has 2 nitrogen and oxygen atoms in total. The Morgan fingerprint density at radius 3 is 1.78 bits per heavy atom. The maximum Gasteiger partial charge on any atom is 0.142 e. The van der Waals surface area contributed by atoms with Crippen molar-refractivity contribution in [1.82, 2.24) is 0 Å². The summed E-state index contributed by atoms with van der Waals surface area (Å²) >= 11 is 0. The first-order valence-corrected chi connectivity index (χ1v) is 11.5. The van der Waals surface area contributed by atoms with Crippen LogP contribution in [0.1, 0.15) is 67.2 Å². The second-order valence-electron chi connectivity index (χ2n) is 7.51. The molecule has 0 saturated carbocycles. The SMILES string of the molecule is C=C(/C=C\C(=C)C(C)/C(=C\C(C)CC)CC)C(=C)/C=C(/CC)C(=C)CC.C=CC=O.CO. The number of aldehydes is 1. The third-order valence-corrected chi connectivity index (χ3v) is 5.28. The quantitative estimate of drug-likeness (QED) is 0.135. The molecule has 0 fully saturated rings. The van der Waals surface area contributed by atoms with Gasteiger partial charge in [0.15, 0.2) is 0 Å². The highest BCUT2D eigenvalue weighted by Gasteiger charge is 2.10. The van der Waals surface area contributed by atoms with E-state index in [0.29, 0.717) is 18.1 Å². The Kier molecular flexibility index (Phi) is 23.2. The van der Waals surface area contributed by atoms with E-state index in [0.717, 1.165) is 43.1 Å². The number of carbonyl (C=O) groups is 1. The molecule has 2 atom stereocenters. The highest BCUT2D eigenvalue weighted by molar-refractivity contribution is 5.63. The largest absolute Gasteiger partial charge is 0.400 e. The monoisotopic (exact) mass is 440 g/mol. The lowest BCUT2D eigenvalue weighted by molar-refractivity contribution is -0.104. The molecule has 2 unspecified atom stereocenters. The first-order chi connectivity index (χ1) is 15.1. The van der Waals surface area contributed by atoms with Crippen LogP contribution < -0.4 is 0 Å². The van der Waals surface area contributed by atoms with Crippen molar-refractivity contribution in [2.24, 2.45) is 11.8 Å². The number of aliphatic hydroxyl groups excluding tert-OH is 1. The first kappa shape index (κ1) is 34.2. The van der Waals surface area contributed by atoms with Crippen molar-refractivity contribution < 1.29 is 9.90 Å². The minimum atomic E-state index is 0.355. The number of allylic oxidation sites excluding steroid dienone is 11. The lowest BCUT2D eigenvalue weighted by atomic mass is 9.88. The fraction of sp³-hybridized carbons (Fsp3) is 0.433. The molecule has 0 aromatic carbocycles. The van der Waals surface area contributed by atoms with Gasteiger partial charge in [-0.15, -0.1) is 0 Å². The van der Waals surface area contributed by atoms with Gasteiger partial charge in [0.1, 0.15) is 6.29 Å². The van der Waals surface area contributed by atoms with Crippen LogP contribution in [0.4, 0.5) is 0 Å². The van der Waals surface area contributed by atoms with Gasteiger partial charge < -0.3 is 5.11 Å². The Morgan fingerprint density at radius 1 is 0.875 bits per heavy atom. The molecule has 0 radical (unpaired) electrons. The molecule has 0 saturated heterocycles. The standard InChI is InChI=1S/C26H40.C3H4O.CH4O/c1-11-19(5)17-26(14-4)24(10)22(8)16-15-21(7)23(9)18-25(13-3)20(6)12-2;1-2-3-4;1-2/h15-19,24H,6-9,11-14H2,1-5,10H3;2-3H,1H2;2H,1H3/b16-15-,25-18-,26-17-;;. The summed E-state index contributed by atoms with van der Waals surface area (Å²) in [4.78, 5) is 9.06. The number of aliphatic hydroxyl groups is 1. The van der Waals surface area contributed by atoms with E-state index in [1.807, 2.05) is 6.08 Å². The Balaban J connectivity index is -0.00000125. The molecule has 0 aliphatic heterocycles. The van der Waals surface area contributed by atoms with Crippen LogP contribution >= 0.6 is 0 Å². The third-order valence-electron chi connectivity index (χ3n) is 5.28. The smallest absolute Gasteiger partial charge is 0.142 e. The van der Waals surface area contributed by atoms with Gasteiger partial charge in [-0.1, -0.05) is 116 Å². The molecule has 32 heavy (non-hydrogen) atoms. The molecular formula is C30H48O2. The Bertz CT molecular complexity index is 692. The normalized spacial score (nSPS) is 13.0. The van der Waals surface area contributed by atoms with E-state index in [-0.39, 0.29) is 0 Å². The lowest BCUT2D eigenvalue weighted by Gasteiger charge is -2.17. The van der Waals surface area contributed by atoms with Gasteiger partial charge in [0.2, 0.25) is 0 Å². The van der Waals surface area contributed by atoms with Crippen molar-refractivity contribution >= 4 is 6.29 Å². The molecule has 2 heteroatoms. The van der Waals surface area contributed by atoms with Gasteiger partial charge in [0.05, 0.1) is 0 Å². The van der Waals surface area contributed by atoms with Gasteiger partial charge in [0.25, 0.3) is 0 Å². The van der Waals surface area contributed by atoms with E-state index in [1.165, 1.54) is 29.2 Å². The van der Waals surface area contributed by atoms with Crippen molar-refractivity contribution in [3.63, 3.8) is 0 Å². The predicted molar refractivity (Wildman–Crippen MR) is 146 cm³/mol. The van der Waals surface area contributed by atoms with Gasteiger partial charge in [-0.05, 0) is 53.5 Å². The molecular weight excluding hydrogens is 392 g/mol. The van der Waals surface area contributed by atoms with Gasteiger partial charge in [0, 0.05) is 13.0 Å². The molecule has 0 aliphatic rings. The Labute approximate surface area is 199 Å². The molecule has 0 aromatic heterocycles. The van der Waals surface area contributed by atoms with Crippen molar-refractivity contribution in [3.8, 4) is 0 Å². The first-order valence-electron chi connectivity index (χ1n) is 11.5. The topological polar surface area (TPSA) is 37.3 Å². The molecule has 0 rings (SSSR count). The highest BCUT2D eigenvalue weighted by Crippen LogP contribution is 2.26. The van der Waals surface area contributed by atoms with Crippen LogP contribution in [0, 0.1) is 11.8 Å². The van der Waals surface area contributed by atoms with Crippen LogP contribution in [0.25, 0.3) is 0 Å². The molecule has 1 N–H and O–H groups in total. The fourth-order valence-electron chi connectivity index (χ4n) is 2.73. The summed E-state index contributed by atoms with van der Waals surface area (Å²) < 4.78 is 0. The number of rotatable bonds is 13. The molecule has 0 aliphatic carbocycles. The summed E-state index contributed by atoms with van der Waals surface area (Å²) in [5, 5.41) is 7.00.